The van der Waals surface area contributed by atoms with Crippen molar-refractivity contribution in [3.8, 4) is 5.75 Å². The molecule has 2 aromatic carbocycles. The Morgan fingerprint density at radius 1 is 0.900 bits per heavy atom. The Balaban J connectivity index is 1.96. The number of rotatable bonds is 2. The third-order valence-electron chi connectivity index (χ3n) is 2.95. The molecule has 0 radical (unpaired) electrons. The van der Waals surface area contributed by atoms with Gasteiger partial charge in [-0.25, -0.2) is 0 Å². The Morgan fingerprint density at radius 3 is 2.40 bits per heavy atom. The fourth-order valence-corrected chi connectivity index (χ4v) is 2.40. The van der Waals surface area contributed by atoms with Gasteiger partial charge in [-0.3, -0.25) is 9.59 Å². The van der Waals surface area contributed by atoms with Gasteiger partial charge in [-0.2, -0.15) is 0 Å². The Labute approximate surface area is 124 Å². The van der Waals surface area contributed by atoms with Crippen LogP contribution in [0.2, 0.25) is 0 Å². The minimum atomic E-state index is -0.278. The first kappa shape index (κ1) is 12.8. The molecule has 1 aliphatic rings. The topological polar surface area (TPSA) is 43.4 Å². The zero-order valence-electron chi connectivity index (χ0n) is 10.3. The highest BCUT2D eigenvalue weighted by molar-refractivity contribution is 9.10. The van der Waals surface area contributed by atoms with Gasteiger partial charge in [0.2, 0.25) is 5.78 Å². The molecule has 0 aliphatic heterocycles. The van der Waals surface area contributed by atoms with Crippen LogP contribution in [0, 0.1) is 0 Å². The summed E-state index contributed by atoms with van der Waals surface area (Å²) >= 11 is 3.33. The highest BCUT2D eigenvalue weighted by Gasteiger charge is 2.26. The van der Waals surface area contributed by atoms with Crippen molar-refractivity contribution in [3.63, 3.8) is 0 Å². The van der Waals surface area contributed by atoms with E-state index in [0.29, 0.717) is 16.9 Å². The van der Waals surface area contributed by atoms with E-state index in [2.05, 4.69) is 15.9 Å². The predicted molar refractivity (Wildman–Crippen MR) is 78.0 cm³/mol. The number of allylic oxidation sites excluding steroid dienone is 2. The molecule has 98 valence electrons. The van der Waals surface area contributed by atoms with Crippen molar-refractivity contribution >= 4 is 27.5 Å². The molecule has 0 atom stereocenters. The number of benzene rings is 2. The molecule has 2 aromatic rings. The summed E-state index contributed by atoms with van der Waals surface area (Å²) in [4.78, 5) is 24.3. The maximum Gasteiger partial charge on any atom is 0.229 e. The number of hydrogen-bond acceptors (Lipinski definition) is 3. The molecule has 0 fully saturated rings. The smallest absolute Gasteiger partial charge is 0.229 e. The molecular weight excluding hydrogens is 320 g/mol. The van der Waals surface area contributed by atoms with Gasteiger partial charge >= 0.3 is 0 Å². The number of Topliss-reactive ketones (excluding diaryl/α,β-unsaturated/α-hetero) is 1. The van der Waals surface area contributed by atoms with Crippen LogP contribution in [0.1, 0.15) is 20.7 Å². The molecule has 0 N–H and O–H groups in total. The lowest BCUT2D eigenvalue weighted by molar-refractivity contribution is 0.0947. The monoisotopic (exact) mass is 328 g/mol. The van der Waals surface area contributed by atoms with Crippen LogP contribution < -0.4 is 4.74 Å². The first-order chi connectivity index (χ1) is 9.65. The fraction of sp³-hybridized carbons (Fsp3) is 0. The number of hydrogen-bond donors (Lipinski definition) is 0. The Kier molecular flexibility index (Phi) is 3.24. The van der Waals surface area contributed by atoms with Crippen LogP contribution in [0.5, 0.6) is 5.75 Å². The van der Waals surface area contributed by atoms with Crippen molar-refractivity contribution in [2.45, 2.75) is 0 Å². The van der Waals surface area contributed by atoms with E-state index in [0.717, 1.165) is 4.47 Å². The van der Waals surface area contributed by atoms with Crippen LogP contribution in [0.15, 0.2) is 64.8 Å². The van der Waals surface area contributed by atoms with Crippen molar-refractivity contribution in [1.82, 2.24) is 0 Å². The molecule has 0 heterocycles. The standard InChI is InChI=1S/C16H9BrO3/c17-10-4-3-5-11(8-10)20-15-9-14(18)12-6-1-2-7-13(12)16(15)19/h1-9H. The van der Waals surface area contributed by atoms with Crippen LogP contribution in [0.4, 0.5) is 0 Å². The second-order valence-electron chi connectivity index (χ2n) is 4.31. The van der Waals surface area contributed by atoms with Gasteiger partial charge in [0, 0.05) is 21.7 Å². The Hall–Kier alpha value is -2.20. The van der Waals surface area contributed by atoms with Crippen LogP contribution in [0.25, 0.3) is 0 Å². The van der Waals surface area contributed by atoms with Crippen molar-refractivity contribution in [2.24, 2.45) is 0 Å². The Morgan fingerprint density at radius 2 is 1.65 bits per heavy atom. The van der Waals surface area contributed by atoms with Gasteiger partial charge < -0.3 is 4.74 Å². The first-order valence-corrected chi connectivity index (χ1v) is 6.77. The van der Waals surface area contributed by atoms with E-state index in [9.17, 15) is 9.59 Å². The number of halogens is 1. The minimum absolute atomic E-state index is 0.0480. The van der Waals surface area contributed by atoms with E-state index in [4.69, 9.17) is 4.74 Å². The number of ether oxygens (including phenoxy) is 1. The van der Waals surface area contributed by atoms with Crippen LogP contribution in [-0.2, 0) is 0 Å². The third-order valence-corrected chi connectivity index (χ3v) is 3.44. The van der Waals surface area contributed by atoms with Crippen LogP contribution >= 0.6 is 15.9 Å². The second kappa shape index (κ2) is 5.06. The normalized spacial score (nSPS) is 13.8. The van der Waals surface area contributed by atoms with Crippen LogP contribution in [-0.4, -0.2) is 11.6 Å². The molecule has 3 rings (SSSR count). The summed E-state index contributed by atoms with van der Waals surface area (Å²) in [6.07, 6.45) is 1.24. The molecular formula is C16H9BrO3. The van der Waals surface area contributed by atoms with E-state index >= 15 is 0 Å². The van der Waals surface area contributed by atoms with E-state index in [1.165, 1.54) is 6.08 Å². The lowest BCUT2D eigenvalue weighted by Crippen LogP contribution is -2.20. The summed E-state index contributed by atoms with van der Waals surface area (Å²) < 4.78 is 6.37. The molecule has 0 spiro atoms. The SMILES string of the molecule is O=C1C=C(Oc2cccc(Br)c2)C(=O)c2ccccc21. The number of carbonyl (C=O) groups is 2. The third kappa shape index (κ3) is 2.30. The molecule has 3 nitrogen and oxygen atoms in total. The van der Waals surface area contributed by atoms with E-state index in [-0.39, 0.29) is 17.3 Å². The largest absolute Gasteiger partial charge is 0.453 e. The Bertz CT molecular complexity index is 747. The molecule has 4 heteroatoms. The van der Waals surface area contributed by atoms with Crippen LogP contribution in [0.3, 0.4) is 0 Å². The zero-order chi connectivity index (χ0) is 14.1. The molecule has 0 unspecified atom stereocenters. The van der Waals surface area contributed by atoms with Gasteiger partial charge in [0.15, 0.2) is 11.5 Å². The van der Waals surface area contributed by atoms with Gasteiger partial charge in [0.25, 0.3) is 0 Å². The molecule has 0 saturated heterocycles. The van der Waals surface area contributed by atoms with Gasteiger partial charge in [0.1, 0.15) is 5.75 Å². The molecule has 0 bridgehead atoms. The first-order valence-electron chi connectivity index (χ1n) is 5.98. The van der Waals surface area contributed by atoms with E-state index < -0.39 is 0 Å². The van der Waals surface area contributed by atoms with Gasteiger partial charge in [-0.15, -0.1) is 0 Å². The average molecular weight is 329 g/mol. The van der Waals surface area contributed by atoms with Gasteiger partial charge in [0.05, 0.1) is 0 Å². The minimum Gasteiger partial charge on any atom is -0.453 e. The quantitative estimate of drug-likeness (QED) is 0.842. The van der Waals surface area contributed by atoms with E-state index in [1.807, 2.05) is 6.07 Å². The summed E-state index contributed by atoms with van der Waals surface area (Å²) in [5.41, 5.74) is 0.795. The highest BCUT2D eigenvalue weighted by Crippen LogP contribution is 2.25. The van der Waals surface area contributed by atoms with Crippen molar-refractivity contribution in [2.75, 3.05) is 0 Å². The summed E-state index contributed by atoms with van der Waals surface area (Å²) in [5, 5.41) is 0. The highest BCUT2D eigenvalue weighted by atomic mass is 79.9. The summed E-state index contributed by atoms with van der Waals surface area (Å²) in [6.45, 7) is 0. The lowest BCUT2D eigenvalue weighted by atomic mass is 9.94. The predicted octanol–water partition coefficient (Wildman–Crippen LogP) is 3.79. The van der Waals surface area contributed by atoms with E-state index in [1.54, 1.807) is 42.5 Å². The lowest BCUT2D eigenvalue weighted by Gasteiger charge is -2.15. The number of carbonyl (C=O) groups excluding carboxylic acids is 2. The van der Waals surface area contributed by atoms with Crippen molar-refractivity contribution in [3.05, 3.63) is 76.0 Å². The van der Waals surface area contributed by atoms with Crippen molar-refractivity contribution in [1.29, 1.82) is 0 Å². The summed E-state index contributed by atoms with van der Waals surface area (Å²) in [5.74, 6) is 0.0586. The molecule has 1 aliphatic carbocycles. The maximum atomic E-state index is 12.3. The molecule has 20 heavy (non-hydrogen) atoms. The zero-order valence-corrected chi connectivity index (χ0v) is 11.9. The number of ketones is 2. The fourth-order valence-electron chi connectivity index (χ4n) is 2.02. The summed E-state index contributed by atoms with van der Waals surface area (Å²) in [6, 6.07) is 13.8. The average Bonchev–Trinajstić information content (AvgIpc) is 2.45. The van der Waals surface area contributed by atoms with Crippen molar-refractivity contribution < 1.29 is 14.3 Å². The maximum absolute atomic E-state index is 12.3. The summed E-state index contributed by atoms with van der Waals surface area (Å²) in [7, 11) is 0. The van der Waals surface area contributed by atoms with Gasteiger partial charge in [-0.1, -0.05) is 46.3 Å². The second-order valence-corrected chi connectivity index (χ2v) is 5.22. The number of fused-ring (bicyclic) bond motifs is 1. The molecule has 0 amide bonds. The van der Waals surface area contributed by atoms with Gasteiger partial charge in [-0.05, 0) is 18.2 Å². The molecule has 0 aromatic heterocycles. The molecule has 0 saturated carbocycles.